The standard InChI is InChI=1S/C20H27N5O2/c1-4-23(5-2)19-14-16(21-15-22-19)20(26)25-12-10-24(11-13-25)17-8-6-7-9-18(17)27-3/h6-9,14-15H,4-5,10-13H2,1-3H3. The van der Waals surface area contributed by atoms with E-state index in [0.29, 0.717) is 18.8 Å². The molecule has 2 aromatic rings. The predicted molar refractivity (Wildman–Crippen MR) is 107 cm³/mol. The number of anilines is 2. The first-order chi connectivity index (χ1) is 13.2. The Morgan fingerprint density at radius 3 is 2.48 bits per heavy atom. The number of carbonyl (C=O) groups is 1. The summed E-state index contributed by atoms with van der Waals surface area (Å²) in [5.74, 6) is 1.62. The van der Waals surface area contributed by atoms with E-state index < -0.39 is 0 Å². The number of nitrogens with zero attached hydrogens (tertiary/aromatic N) is 5. The van der Waals surface area contributed by atoms with E-state index in [1.54, 1.807) is 13.2 Å². The van der Waals surface area contributed by atoms with Crippen molar-refractivity contribution in [3.8, 4) is 5.75 Å². The van der Waals surface area contributed by atoms with Crippen LogP contribution in [0.4, 0.5) is 11.5 Å². The predicted octanol–water partition coefficient (Wildman–Crippen LogP) is 2.29. The number of hydrogen-bond donors (Lipinski definition) is 0. The topological polar surface area (TPSA) is 61.8 Å². The van der Waals surface area contributed by atoms with Crippen LogP contribution in [0.2, 0.25) is 0 Å². The van der Waals surface area contributed by atoms with Crippen LogP contribution in [0.1, 0.15) is 24.3 Å². The third kappa shape index (κ3) is 4.13. The number of aromatic nitrogens is 2. The fraction of sp³-hybridized carbons (Fsp3) is 0.450. The minimum absolute atomic E-state index is 0.0366. The number of para-hydroxylation sites is 2. The Bertz CT molecular complexity index is 770. The van der Waals surface area contributed by atoms with E-state index in [-0.39, 0.29) is 5.91 Å². The molecule has 1 fully saturated rings. The first-order valence-corrected chi connectivity index (χ1v) is 9.42. The number of methoxy groups -OCH3 is 1. The molecule has 1 amide bonds. The van der Waals surface area contributed by atoms with Gasteiger partial charge in [0.05, 0.1) is 12.8 Å². The Morgan fingerprint density at radius 1 is 1.11 bits per heavy atom. The second-order valence-corrected chi connectivity index (χ2v) is 6.38. The van der Waals surface area contributed by atoms with E-state index >= 15 is 0 Å². The maximum Gasteiger partial charge on any atom is 0.272 e. The molecule has 1 aliphatic heterocycles. The van der Waals surface area contributed by atoms with Gasteiger partial charge in [0, 0.05) is 45.3 Å². The zero-order valence-corrected chi connectivity index (χ0v) is 16.3. The molecule has 0 bridgehead atoms. The van der Waals surface area contributed by atoms with Crippen molar-refractivity contribution in [2.75, 3.05) is 56.2 Å². The number of carbonyl (C=O) groups excluding carboxylic acids is 1. The third-order valence-electron chi connectivity index (χ3n) is 4.95. The molecule has 0 saturated carbocycles. The van der Waals surface area contributed by atoms with Crippen molar-refractivity contribution in [3.05, 3.63) is 42.4 Å². The van der Waals surface area contributed by atoms with E-state index in [2.05, 4.69) is 39.7 Å². The first kappa shape index (κ1) is 18.9. The van der Waals surface area contributed by atoms with Crippen molar-refractivity contribution < 1.29 is 9.53 Å². The molecule has 0 atom stereocenters. The summed E-state index contributed by atoms with van der Waals surface area (Å²) in [5, 5.41) is 0. The van der Waals surface area contributed by atoms with Crippen molar-refractivity contribution in [3.63, 3.8) is 0 Å². The third-order valence-corrected chi connectivity index (χ3v) is 4.95. The van der Waals surface area contributed by atoms with Gasteiger partial charge in [0.25, 0.3) is 5.91 Å². The van der Waals surface area contributed by atoms with Gasteiger partial charge < -0.3 is 19.4 Å². The van der Waals surface area contributed by atoms with Crippen LogP contribution in [-0.2, 0) is 0 Å². The van der Waals surface area contributed by atoms with Gasteiger partial charge in [0.2, 0.25) is 0 Å². The van der Waals surface area contributed by atoms with E-state index in [0.717, 1.165) is 43.4 Å². The molecule has 0 radical (unpaired) electrons. The summed E-state index contributed by atoms with van der Waals surface area (Å²) in [6.07, 6.45) is 1.48. The molecular weight excluding hydrogens is 342 g/mol. The van der Waals surface area contributed by atoms with E-state index in [1.807, 2.05) is 23.1 Å². The molecule has 7 heteroatoms. The van der Waals surface area contributed by atoms with Gasteiger partial charge in [-0.3, -0.25) is 4.79 Å². The summed E-state index contributed by atoms with van der Waals surface area (Å²) in [6, 6.07) is 9.78. The number of rotatable bonds is 6. The van der Waals surface area contributed by atoms with Gasteiger partial charge in [-0.2, -0.15) is 0 Å². The fourth-order valence-corrected chi connectivity index (χ4v) is 3.39. The Balaban J connectivity index is 1.67. The first-order valence-electron chi connectivity index (χ1n) is 9.42. The molecule has 1 aliphatic rings. The highest BCUT2D eigenvalue weighted by molar-refractivity contribution is 5.93. The summed E-state index contributed by atoms with van der Waals surface area (Å²) in [5.41, 5.74) is 1.52. The summed E-state index contributed by atoms with van der Waals surface area (Å²) >= 11 is 0. The lowest BCUT2D eigenvalue weighted by atomic mass is 10.2. The lowest BCUT2D eigenvalue weighted by molar-refractivity contribution is 0.0740. The molecule has 1 aromatic carbocycles. The fourth-order valence-electron chi connectivity index (χ4n) is 3.39. The number of piperazine rings is 1. The van der Waals surface area contributed by atoms with Crippen molar-refractivity contribution in [2.45, 2.75) is 13.8 Å². The van der Waals surface area contributed by atoms with E-state index in [1.165, 1.54) is 6.33 Å². The average Bonchev–Trinajstić information content (AvgIpc) is 2.74. The maximum absolute atomic E-state index is 12.9. The van der Waals surface area contributed by atoms with E-state index in [4.69, 9.17) is 4.74 Å². The highest BCUT2D eigenvalue weighted by atomic mass is 16.5. The summed E-state index contributed by atoms with van der Waals surface area (Å²) in [4.78, 5) is 27.6. The van der Waals surface area contributed by atoms with Gasteiger partial charge in [0.1, 0.15) is 23.6 Å². The SMILES string of the molecule is CCN(CC)c1cc(C(=O)N2CCN(c3ccccc3OC)CC2)ncn1. The van der Waals surface area contributed by atoms with Crippen LogP contribution >= 0.6 is 0 Å². The van der Waals surface area contributed by atoms with Gasteiger partial charge in [-0.25, -0.2) is 9.97 Å². The van der Waals surface area contributed by atoms with Crippen LogP contribution in [-0.4, -0.2) is 67.2 Å². The Morgan fingerprint density at radius 2 is 1.81 bits per heavy atom. The molecule has 2 heterocycles. The molecule has 7 nitrogen and oxygen atoms in total. The molecule has 0 aliphatic carbocycles. The zero-order chi connectivity index (χ0) is 19.2. The molecule has 27 heavy (non-hydrogen) atoms. The van der Waals surface area contributed by atoms with Crippen molar-refractivity contribution >= 4 is 17.4 Å². The monoisotopic (exact) mass is 369 g/mol. The number of ether oxygens (including phenoxy) is 1. The van der Waals surface area contributed by atoms with Crippen LogP contribution in [0.15, 0.2) is 36.7 Å². The maximum atomic E-state index is 12.9. The molecule has 0 spiro atoms. The minimum Gasteiger partial charge on any atom is -0.495 e. The van der Waals surface area contributed by atoms with Crippen molar-refractivity contribution in [2.24, 2.45) is 0 Å². The molecule has 3 rings (SSSR count). The second kappa shape index (κ2) is 8.70. The molecule has 0 unspecified atom stereocenters. The lowest BCUT2D eigenvalue weighted by Crippen LogP contribution is -2.49. The summed E-state index contributed by atoms with van der Waals surface area (Å²) in [7, 11) is 1.68. The molecule has 0 N–H and O–H groups in total. The van der Waals surface area contributed by atoms with Gasteiger partial charge in [-0.05, 0) is 26.0 Å². The summed E-state index contributed by atoms with van der Waals surface area (Å²) in [6.45, 7) is 8.68. The summed E-state index contributed by atoms with van der Waals surface area (Å²) < 4.78 is 5.46. The van der Waals surface area contributed by atoms with Crippen LogP contribution in [0.25, 0.3) is 0 Å². The zero-order valence-electron chi connectivity index (χ0n) is 16.3. The van der Waals surface area contributed by atoms with Crippen molar-refractivity contribution in [1.82, 2.24) is 14.9 Å². The average molecular weight is 369 g/mol. The number of benzene rings is 1. The lowest BCUT2D eigenvalue weighted by Gasteiger charge is -2.36. The van der Waals surface area contributed by atoms with Crippen LogP contribution in [0, 0.1) is 0 Å². The molecule has 1 saturated heterocycles. The Hall–Kier alpha value is -2.83. The second-order valence-electron chi connectivity index (χ2n) is 6.38. The molecule has 1 aromatic heterocycles. The quantitative estimate of drug-likeness (QED) is 0.779. The van der Waals surface area contributed by atoms with E-state index in [9.17, 15) is 4.79 Å². The highest BCUT2D eigenvalue weighted by Crippen LogP contribution is 2.28. The molecular formula is C20H27N5O2. The van der Waals surface area contributed by atoms with Crippen molar-refractivity contribution in [1.29, 1.82) is 0 Å². The van der Waals surface area contributed by atoms with Gasteiger partial charge >= 0.3 is 0 Å². The Kier molecular flexibility index (Phi) is 6.11. The highest BCUT2D eigenvalue weighted by Gasteiger charge is 2.25. The normalized spacial score (nSPS) is 14.2. The van der Waals surface area contributed by atoms with Gasteiger partial charge in [-0.1, -0.05) is 12.1 Å². The molecule has 144 valence electrons. The smallest absolute Gasteiger partial charge is 0.272 e. The van der Waals surface area contributed by atoms with Gasteiger partial charge in [0.15, 0.2) is 0 Å². The minimum atomic E-state index is -0.0366. The number of hydrogen-bond acceptors (Lipinski definition) is 6. The largest absolute Gasteiger partial charge is 0.495 e. The Labute approximate surface area is 160 Å². The van der Waals surface area contributed by atoms with Gasteiger partial charge in [-0.15, -0.1) is 0 Å². The van der Waals surface area contributed by atoms with Crippen LogP contribution in [0.5, 0.6) is 5.75 Å². The van der Waals surface area contributed by atoms with Crippen LogP contribution < -0.4 is 14.5 Å². The number of amides is 1. The van der Waals surface area contributed by atoms with Crippen LogP contribution in [0.3, 0.4) is 0 Å².